The summed E-state index contributed by atoms with van der Waals surface area (Å²) in [5.74, 6) is 0.121. The number of Topliss-reactive ketones (excluding diaryl/α,β-unsaturated/α-hetero) is 1. The standard InChI is InChI=1S/C15H15NO/c1-11-7-14(10-16-9-11)15(17)8-13-6-4-3-5-12(13)2/h3-7,9-10H,8H2,1-2H3. The zero-order valence-electron chi connectivity index (χ0n) is 10.1. The van der Waals surface area contributed by atoms with Crippen molar-refractivity contribution >= 4 is 5.78 Å². The van der Waals surface area contributed by atoms with Crippen LogP contribution < -0.4 is 0 Å². The largest absolute Gasteiger partial charge is 0.294 e. The van der Waals surface area contributed by atoms with Gasteiger partial charge in [-0.3, -0.25) is 9.78 Å². The Morgan fingerprint density at radius 2 is 1.94 bits per heavy atom. The number of hydrogen-bond donors (Lipinski definition) is 0. The highest BCUT2D eigenvalue weighted by molar-refractivity contribution is 5.97. The van der Waals surface area contributed by atoms with Gasteiger partial charge >= 0.3 is 0 Å². The second-order valence-electron chi connectivity index (χ2n) is 4.28. The number of carbonyl (C=O) groups is 1. The summed E-state index contributed by atoms with van der Waals surface area (Å²) in [5, 5.41) is 0. The predicted molar refractivity (Wildman–Crippen MR) is 68.2 cm³/mol. The van der Waals surface area contributed by atoms with Crippen LogP contribution in [-0.4, -0.2) is 10.8 Å². The van der Waals surface area contributed by atoms with E-state index in [0.717, 1.165) is 16.7 Å². The molecule has 17 heavy (non-hydrogen) atoms. The first-order chi connectivity index (χ1) is 8.16. The Morgan fingerprint density at radius 1 is 1.18 bits per heavy atom. The highest BCUT2D eigenvalue weighted by atomic mass is 16.1. The minimum absolute atomic E-state index is 0.121. The molecule has 0 aliphatic heterocycles. The summed E-state index contributed by atoms with van der Waals surface area (Å²) in [6.45, 7) is 3.97. The summed E-state index contributed by atoms with van der Waals surface area (Å²) >= 11 is 0. The van der Waals surface area contributed by atoms with Crippen LogP contribution in [0.1, 0.15) is 27.0 Å². The molecule has 2 rings (SSSR count). The number of carbonyl (C=O) groups excluding carboxylic acids is 1. The van der Waals surface area contributed by atoms with Gasteiger partial charge in [0.2, 0.25) is 0 Å². The molecule has 0 unspecified atom stereocenters. The average Bonchev–Trinajstić information content (AvgIpc) is 2.32. The maximum absolute atomic E-state index is 12.1. The molecule has 0 radical (unpaired) electrons. The van der Waals surface area contributed by atoms with Crippen molar-refractivity contribution in [2.75, 3.05) is 0 Å². The number of nitrogens with zero attached hydrogens (tertiary/aromatic N) is 1. The first-order valence-electron chi connectivity index (χ1n) is 5.66. The van der Waals surface area contributed by atoms with Crippen molar-refractivity contribution in [2.45, 2.75) is 20.3 Å². The number of ketones is 1. The third-order valence-corrected chi connectivity index (χ3v) is 2.81. The van der Waals surface area contributed by atoms with Crippen molar-refractivity contribution in [3.8, 4) is 0 Å². The van der Waals surface area contributed by atoms with Crippen molar-refractivity contribution in [1.29, 1.82) is 0 Å². The number of pyridine rings is 1. The number of rotatable bonds is 3. The molecular weight excluding hydrogens is 210 g/mol. The van der Waals surface area contributed by atoms with E-state index in [2.05, 4.69) is 4.98 Å². The fraction of sp³-hybridized carbons (Fsp3) is 0.200. The molecule has 2 heteroatoms. The van der Waals surface area contributed by atoms with Crippen LogP contribution in [0, 0.1) is 13.8 Å². The molecule has 0 atom stereocenters. The topological polar surface area (TPSA) is 30.0 Å². The highest BCUT2D eigenvalue weighted by Crippen LogP contribution is 2.11. The maximum Gasteiger partial charge on any atom is 0.168 e. The van der Waals surface area contributed by atoms with Gasteiger partial charge in [-0.1, -0.05) is 24.3 Å². The number of aromatic nitrogens is 1. The first kappa shape index (κ1) is 11.5. The molecule has 86 valence electrons. The fourth-order valence-corrected chi connectivity index (χ4v) is 1.79. The summed E-state index contributed by atoms with van der Waals surface area (Å²) in [7, 11) is 0. The predicted octanol–water partition coefficient (Wildman–Crippen LogP) is 3.12. The lowest BCUT2D eigenvalue weighted by atomic mass is 10.00. The van der Waals surface area contributed by atoms with Crippen molar-refractivity contribution in [3.05, 3.63) is 65.0 Å². The third-order valence-electron chi connectivity index (χ3n) is 2.81. The normalized spacial score (nSPS) is 10.2. The molecule has 0 fully saturated rings. The van der Waals surface area contributed by atoms with E-state index in [4.69, 9.17) is 0 Å². The van der Waals surface area contributed by atoms with Crippen molar-refractivity contribution in [2.24, 2.45) is 0 Å². The highest BCUT2D eigenvalue weighted by Gasteiger charge is 2.08. The minimum Gasteiger partial charge on any atom is -0.294 e. The molecule has 2 aromatic rings. The van der Waals surface area contributed by atoms with Gasteiger partial charge < -0.3 is 0 Å². The van der Waals surface area contributed by atoms with Gasteiger partial charge in [0, 0.05) is 24.4 Å². The molecule has 0 aliphatic carbocycles. The lowest BCUT2D eigenvalue weighted by molar-refractivity contribution is 0.0992. The fourth-order valence-electron chi connectivity index (χ4n) is 1.79. The molecule has 2 nitrogen and oxygen atoms in total. The Balaban J connectivity index is 2.20. The Kier molecular flexibility index (Phi) is 3.33. The molecule has 0 N–H and O–H groups in total. The SMILES string of the molecule is Cc1cncc(C(=O)Cc2ccccc2C)c1. The molecule has 0 saturated carbocycles. The molecule has 0 bridgehead atoms. The van der Waals surface area contributed by atoms with Crippen LogP contribution >= 0.6 is 0 Å². The summed E-state index contributed by atoms with van der Waals surface area (Å²) in [5.41, 5.74) is 3.94. The van der Waals surface area contributed by atoms with Crippen LogP contribution in [0.5, 0.6) is 0 Å². The quantitative estimate of drug-likeness (QED) is 0.751. The second-order valence-corrected chi connectivity index (χ2v) is 4.28. The van der Waals surface area contributed by atoms with Gasteiger partial charge in [-0.25, -0.2) is 0 Å². The molecular formula is C15H15NO. The van der Waals surface area contributed by atoms with E-state index in [1.165, 1.54) is 0 Å². The van der Waals surface area contributed by atoms with E-state index in [1.807, 2.05) is 44.2 Å². The number of hydrogen-bond acceptors (Lipinski definition) is 2. The lowest BCUT2D eigenvalue weighted by Gasteiger charge is -2.05. The molecule has 1 aromatic carbocycles. The molecule has 1 heterocycles. The van der Waals surface area contributed by atoms with Crippen LogP contribution in [0.4, 0.5) is 0 Å². The summed E-state index contributed by atoms with van der Waals surface area (Å²) in [6.07, 6.45) is 3.83. The van der Waals surface area contributed by atoms with Crippen LogP contribution in [0.25, 0.3) is 0 Å². The van der Waals surface area contributed by atoms with Crippen LogP contribution in [0.2, 0.25) is 0 Å². The van der Waals surface area contributed by atoms with E-state index in [-0.39, 0.29) is 5.78 Å². The Bertz CT molecular complexity index is 546. The Hall–Kier alpha value is -1.96. The zero-order valence-corrected chi connectivity index (χ0v) is 10.1. The summed E-state index contributed by atoms with van der Waals surface area (Å²) < 4.78 is 0. The van der Waals surface area contributed by atoms with E-state index < -0.39 is 0 Å². The van der Waals surface area contributed by atoms with Crippen molar-refractivity contribution in [3.63, 3.8) is 0 Å². The van der Waals surface area contributed by atoms with Gasteiger partial charge in [-0.05, 0) is 36.6 Å². The molecule has 1 aromatic heterocycles. The molecule has 0 amide bonds. The number of aryl methyl sites for hydroxylation is 2. The molecule has 0 spiro atoms. The Labute approximate surface area is 101 Å². The minimum atomic E-state index is 0.121. The lowest BCUT2D eigenvalue weighted by Crippen LogP contribution is -2.05. The average molecular weight is 225 g/mol. The van der Waals surface area contributed by atoms with Crippen LogP contribution in [-0.2, 0) is 6.42 Å². The van der Waals surface area contributed by atoms with Gasteiger partial charge in [0.15, 0.2) is 5.78 Å². The van der Waals surface area contributed by atoms with Crippen molar-refractivity contribution < 1.29 is 4.79 Å². The first-order valence-corrected chi connectivity index (χ1v) is 5.66. The maximum atomic E-state index is 12.1. The van der Waals surface area contributed by atoms with Gasteiger partial charge in [0.25, 0.3) is 0 Å². The van der Waals surface area contributed by atoms with E-state index in [0.29, 0.717) is 12.0 Å². The van der Waals surface area contributed by atoms with Crippen molar-refractivity contribution in [1.82, 2.24) is 4.98 Å². The monoisotopic (exact) mass is 225 g/mol. The van der Waals surface area contributed by atoms with Gasteiger partial charge in [0.1, 0.15) is 0 Å². The van der Waals surface area contributed by atoms with Crippen LogP contribution in [0.3, 0.4) is 0 Å². The van der Waals surface area contributed by atoms with Gasteiger partial charge in [0.05, 0.1) is 0 Å². The van der Waals surface area contributed by atoms with Crippen LogP contribution in [0.15, 0.2) is 42.7 Å². The number of benzene rings is 1. The third kappa shape index (κ3) is 2.78. The van der Waals surface area contributed by atoms with Gasteiger partial charge in [-0.15, -0.1) is 0 Å². The van der Waals surface area contributed by atoms with E-state index >= 15 is 0 Å². The smallest absolute Gasteiger partial charge is 0.168 e. The Morgan fingerprint density at radius 3 is 2.65 bits per heavy atom. The molecule has 0 saturated heterocycles. The van der Waals surface area contributed by atoms with E-state index in [9.17, 15) is 4.79 Å². The summed E-state index contributed by atoms with van der Waals surface area (Å²) in [4.78, 5) is 16.1. The zero-order chi connectivity index (χ0) is 12.3. The molecule has 0 aliphatic rings. The van der Waals surface area contributed by atoms with E-state index in [1.54, 1.807) is 12.4 Å². The second kappa shape index (κ2) is 4.91. The summed E-state index contributed by atoms with van der Waals surface area (Å²) in [6, 6.07) is 9.85. The van der Waals surface area contributed by atoms with Gasteiger partial charge in [-0.2, -0.15) is 0 Å².